The Bertz CT molecular complexity index is 374. The van der Waals surface area contributed by atoms with Crippen molar-refractivity contribution in [2.24, 2.45) is 0 Å². The Morgan fingerprint density at radius 2 is 2.00 bits per heavy atom. The van der Waals surface area contributed by atoms with Gasteiger partial charge >= 0.3 is 0 Å². The summed E-state index contributed by atoms with van der Waals surface area (Å²) >= 11 is 0. The Labute approximate surface area is 101 Å². The number of hydrogen-bond donors (Lipinski definition) is 0. The summed E-state index contributed by atoms with van der Waals surface area (Å²) in [7, 11) is 3.22. The minimum Gasteiger partial charge on any atom is -0.496 e. The lowest BCUT2D eigenvalue weighted by molar-refractivity contribution is 0.0607. The Morgan fingerprint density at radius 3 is 2.59 bits per heavy atom. The quantitative estimate of drug-likeness (QED) is 0.539. The predicted octanol–water partition coefficient (Wildman–Crippen LogP) is 2.06. The largest absolute Gasteiger partial charge is 0.496 e. The van der Waals surface area contributed by atoms with Crippen LogP contribution in [0, 0.1) is 0 Å². The monoisotopic (exact) mass is 238 g/mol. The van der Waals surface area contributed by atoms with Gasteiger partial charge in [0.15, 0.2) is 5.78 Å². The molecule has 0 bridgehead atoms. The second-order valence-electron chi connectivity index (χ2n) is 3.63. The highest BCUT2D eigenvalue weighted by Crippen LogP contribution is 2.21. The van der Waals surface area contributed by atoms with E-state index in [1.807, 2.05) is 0 Å². The molecule has 0 atom stereocenters. The van der Waals surface area contributed by atoms with Gasteiger partial charge < -0.3 is 14.2 Å². The third kappa shape index (κ3) is 4.17. The van der Waals surface area contributed by atoms with E-state index in [0.29, 0.717) is 25.4 Å². The summed E-state index contributed by atoms with van der Waals surface area (Å²) in [5.41, 5.74) is 1.53. The van der Waals surface area contributed by atoms with Gasteiger partial charge in [-0.05, 0) is 25.1 Å². The second-order valence-corrected chi connectivity index (χ2v) is 3.63. The highest BCUT2D eigenvalue weighted by molar-refractivity contribution is 5.94. The highest BCUT2D eigenvalue weighted by Gasteiger charge is 2.07. The van der Waals surface area contributed by atoms with Gasteiger partial charge in [0, 0.05) is 18.2 Å². The lowest BCUT2D eigenvalue weighted by Gasteiger charge is -2.10. The van der Waals surface area contributed by atoms with E-state index in [1.165, 1.54) is 6.92 Å². The van der Waals surface area contributed by atoms with Gasteiger partial charge in [-0.15, -0.1) is 0 Å². The molecule has 1 aromatic carbocycles. The van der Waals surface area contributed by atoms with Crippen molar-refractivity contribution >= 4 is 5.78 Å². The molecule has 0 fully saturated rings. The van der Waals surface area contributed by atoms with Gasteiger partial charge in [-0.3, -0.25) is 4.79 Å². The lowest BCUT2D eigenvalue weighted by atomic mass is 10.1. The highest BCUT2D eigenvalue weighted by atomic mass is 16.5. The van der Waals surface area contributed by atoms with E-state index in [-0.39, 0.29) is 5.78 Å². The third-order valence-corrected chi connectivity index (χ3v) is 2.38. The van der Waals surface area contributed by atoms with Gasteiger partial charge in [0.25, 0.3) is 0 Å². The van der Waals surface area contributed by atoms with Gasteiger partial charge in [0.05, 0.1) is 26.9 Å². The standard InChI is InChI=1S/C13H18O4/c1-10(14)11-4-5-13(16-3)12(8-11)9-17-7-6-15-2/h4-5,8H,6-7,9H2,1-3H3. The zero-order chi connectivity index (χ0) is 12.7. The minimum atomic E-state index is 0.0331. The molecule has 17 heavy (non-hydrogen) atoms. The predicted molar refractivity (Wildman–Crippen MR) is 64.5 cm³/mol. The van der Waals surface area contributed by atoms with Crippen LogP contribution in [0.25, 0.3) is 0 Å². The van der Waals surface area contributed by atoms with Crippen molar-refractivity contribution in [3.63, 3.8) is 0 Å². The van der Waals surface area contributed by atoms with E-state index >= 15 is 0 Å². The number of hydrogen-bond acceptors (Lipinski definition) is 4. The maximum absolute atomic E-state index is 11.3. The molecule has 1 aromatic rings. The first-order valence-corrected chi connectivity index (χ1v) is 5.43. The molecule has 0 aromatic heterocycles. The molecule has 4 nitrogen and oxygen atoms in total. The minimum absolute atomic E-state index is 0.0331. The summed E-state index contributed by atoms with van der Waals surface area (Å²) < 4.78 is 15.5. The summed E-state index contributed by atoms with van der Waals surface area (Å²) in [5, 5.41) is 0. The van der Waals surface area contributed by atoms with Crippen LogP contribution >= 0.6 is 0 Å². The molecule has 0 amide bonds. The fourth-order valence-electron chi connectivity index (χ4n) is 1.43. The summed E-state index contributed by atoms with van der Waals surface area (Å²) in [6, 6.07) is 5.33. The van der Waals surface area contributed by atoms with Crippen molar-refractivity contribution in [3.8, 4) is 5.75 Å². The van der Waals surface area contributed by atoms with E-state index in [9.17, 15) is 4.79 Å². The number of Topliss-reactive ketones (excluding diaryl/α,β-unsaturated/α-hetero) is 1. The number of rotatable bonds is 7. The van der Waals surface area contributed by atoms with Crippen molar-refractivity contribution < 1.29 is 19.0 Å². The van der Waals surface area contributed by atoms with E-state index in [2.05, 4.69) is 0 Å². The van der Waals surface area contributed by atoms with E-state index in [0.717, 1.165) is 11.3 Å². The van der Waals surface area contributed by atoms with Crippen molar-refractivity contribution in [3.05, 3.63) is 29.3 Å². The molecule has 4 heteroatoms. The average Bonchev–Trinajstić information content (AvgIpc) is 2.34. The maximum Gasteiger partial charge on any atom is 0.159 e. The van der Waals surface area contributed by atoms with E-state index < -0.39 is 0 Å². The van der Waals surface area contributed by atoms with Crippen LogP contribution in [0.15, 0.2) is 18.2 Å². The van der Waals surface area contributed by atoms with Crippen molar-refractivity contribution in [2.75, 3.05) is 27.4 Å². The molecule has 0 radical (unpaired) electrons. The molecule has 0 heterocycles. The number of ketones is 1. The van der Waals surface area contributed by atoms with Crippen LogP contribution in [-0.4, -0.2) is 33.2 Å². The molecular formula is C13H18O4. The Morgan fingerprint density at radius 1 is 1.24 bits per heavy atom. The van der Waals surface area contributed by atoms with Crippen LogP contribution in [0.1, 0.15) is 22.8 Å². The van der Waals surface area contributed by atoms with Gasteiger partial charge in [0.1, 0.15) is 5.75 Å². The number of benzene rings is 1. The first kappa shape index (κ1) is 13.7. The Kier molecular flexibility index (Phi) is 5.66. The summed E-state index contributed by atoms with van der Waals surface area (Å²) in [6.45, 7) is 3.02. The molecule has 0 aliphatic heterocycles. The Hall–Kier alpha value is -1.39. The van der Waals surface area contributed by atoms with Gasteiger partial charge in [-0.1, -0.05) is 0 Å². The summed E-state index contributed by atoms with van der Waals surface area (Å²) in [5.74, 6) is 0.762. The molecule has 0 spiro atoms. The fraction of sp³-hybridized carbons (Fsp3) is 0.462. The third-order valence-electron chi connectivity index (χ3n) is 2.38. The first-order valence-electron chi connectivity index (χ1n) is 5.43. The number of carbonyl (C=O) groups is 1. The smallest absolute Gasteiger partial charge is 0.159 e. The Balaban J connectivity index is 2.72. The van der Waals surface area contributed by atoms with Gasteiger partial charge in [-0.25, -0.2) is 0 Å². The lowest BCUT2D eigenvalue weighted by Crippen LogP contribution is -2.04. The molecule has 0 saturated heterocycles. The van der Waals surface area contributed by atoms with Crippen LogP contribution in [0.3, 0.4) is 0 Å². The molecular weight excluding hydrogens is 220 g/mol. The maximum atomic E-state index is 11.3. The van der Waals surface area contributed by atoms with Crippen LogP contribution in [0.2, 0.25) is 0 Å². The van der Waals surface area contributed by atoms with Gasteiger partial charge in [-0.2, -0.15) is 0 Å². The number of methoxy groups -OCH3 is 2. The summed E-state index contributed by atoms with van der Waals surface area (Å²) in [6.07, 6.45) is 0. The fourth-order valence-corrected chi connectivity index (χ4v) is 1.43. The SMILES string of the molecule is COCCOCc1cc(C(C)=O)ccc1OC. The molecule has 0 unspecified atom stereocenters. The average molecular weight is 238 g/mol. The van der Waals surface area contributed by atoms with Gasteiger partial charge in [0.2, 0.25) is 0 Å². The second kappa shape index (κ2) is 7.04. The molecule has 1 rings (SSSR count). The van der Waals surface area contributed by atoms with Crippen molar-refractivity contribution in [1.82, 2.24) is 0 Å². The normalized spacial score (nSPS) is 10.3. The number of carbonyl (C=O) groups excluding carboxylic acids is 1. The first-order chi connectivity index (χ1) is 8.19. The van der Waals surface area contributed by atoms with E-state index in [4.69, 9.17) is 14.2 Å². The van der Waals surface area contributed by atoms with Crippen molar-refractivity contribution in [2.45, 2.75) is 13.5 Å². The van der Waals surface area contributed by atoms with E-state index in [1.54, 1.807) is 32.4 Å². The molecule has 0 aliphatic rings. The molecule has 0 N–H and O–H groups in total. The number of ether oxygens (including phenoxy) is 3. The summed E-state index contributed by atoms with van der Waals surface area (Å²) in [4.78, 5) is 11.3. The van der Waals surface area contributed by atoms with Crippen LogP contribution < -0.4 is 4.74 Å². The topological polar surface area (TPSA) is 44.8 Å². The van der Waals surface area contributed by atoms with Crippen LogP contribution in [0.4, 0.5) is 0 Å². The van der Waals surface area contributed by atoms with Crippen LogP contribution in [-0.2, 0) is 16.1 Å². The van der Waals surface area contributed by atoms with Crippen LogP contribution in [0.5, 0.6) is 5.75 Å². The zero-order valence-corrected chi connectivity index (χ0v) is 10.5. The molecule has 0 aliphatic carbocycles. The zero-order valence-electron chi connectivity index (χ0n) is 10.5. The molecule has 94 valence electrons. The van der Waals surface area contributed by atoms with Crippen molar-refractivity contribution in [1.29, 1.82) is 0 Å². The molecule has 0 saturated carbocycles.